The summed E-state index contributed by atoms with van der Waals surface area (Å²) in [6.45, 7) is 10.2. The van der Waals surface area contributed by atoms with Crippen LogP contribution in [0, 0.1) is 0 Å². The molecular weight excluding hydrogens is 323 g/mol. The van der Waals surface area contributed by atoms with E-state index < -0.39 is 0 Å². The van der Waals surface area contributed by atoms with Gasteiger partial charge in [0.2, 0.25) is 0 Å². The number of nitrogens with one attached hydrogen (secondary N) is 2. The number of ether oxygens (including phenoxy) is 2. The minimum absolute atomic E-state index is 0. The van der Waals surface area contributed by atoms with Crippen LogP contribution >= 0.6 is 24.8 Å². The fourth-order valence-electron chi connectivity index (χ4n) is 1.84. The number of halogens is 2. The fraction of sp³-hybridized carbons (Fsp3) is 0.500. The van der Waals surface area contributed by atoms with Gasteiger partial charge in [0.25, 0.3) is 0 Å². The Balaban J connectivity index is 0. The van der Waals surface area contributed by atoms with E-state index in [1.807, 2.05) is 12.1 Å². The standard InChI is InChI=1S/C16H26N2O2.2ClH/c1-4-11-20-15-8-7-14(12-16(15)19-3)13-18-10-6-9-17-5-2;;/h4,7-8,12,17-18H,1,5-6,9-11,13H2,2-3H3;2*1H. The maximum atomic E-state index is 5.53. The molecule has 22 heavy (non-hydrogen) atoms. The number of methoxy groups -OCH3 is 1. The molecule has 0 aliphatic carbocycles. The lowest BCUT2D eigenvalue weighted by molar-refractivity contribution is 0.326. The molecular formula is C16H28Cl2N2O2. The van der Waals surface area contributed by atoms with Crippen molar-refractivity contribution in [1.29, 1.82) is 0 Å². The highest BCUT2D eigenvalue weighted by molar-refractivity contribution is 5.85. The summed E-state index contributed by atoms with van der Waals surface area (Å²) in [5.74, 6) is 1.52. The van der Waals surface area contributed by atoms with E-state index in [0.29, 0.717) is 6.61 Å². The van der Waals surface area contributed by atoms with Crippen molar-refractivity contribution in [3.8, 4) is 11.5 Å². The molecule has 1 aromatic rings. The lowest BCUT2D eigenvalue weighted by Crippen LogP contribution is -2.21. The first-order chi connectivity index (χ1) is 9.81. The van der Waals surface area contributed by atoms with Gasteiger partial charge in [0.1, 0.15) is 6.61 Å². The Morgan fingerprint density at radius 2 is 1.86 bits per heavy atom. The first-order valence-corrected chi connectivity index (χ1v) is 7.13. The molecule has 0 atom stereocenters. The molecule has 1 aromatic carbocycles. The Morgan fingerprint density at radius 1 is 1.14 bits per heavy atom. The molecule has 0 bridgehead atoms. The zero-order valence-corrected chi connectivity index (χ0v) is 15.0. The van der Waals surface area contributed by atoms with Crippen molar-refractivity contribution < 1.29 is 9.47 Å². The van der Waals surface area contributed by atoms with Crippen LogP contribution in [0.1, 0.15) is 18.9 Å². The highest BCUT2D eigenvalue weighted by Crippen LogP contribution is 2.27. The highest BCUT2D eigenvalue weighted by atomic mass is 35.5. The number of benzene rings is 1. The fourth-order valence-corrected chi connectivity index (χ4v) is 1.84. The Hall–Kier alpha value is -0.940. The second kappa shape index (κ2) is 15.0. The van der Waals surface area contributed by atoms with Crippen LogP contribution in [0.4, 0.5) is 0 Å². The van der Waals surface area contributed by atoms with Crippen LogP contribution in [0.25, 0.3) is 0 Å². The summed E-state index contributed by atoms with van der Waals surface area (Å²) < 4.78 is 10.9. The van der Waals surface area contributed by atoms with Crippen LogP contribution in [0.2, 0.25) is 0 Å². The molecule has 0 saturated carbocycles. The van der Waals surface area contributed by atoms with Gasteiger partial charge in [0, 0.05) is 6.54 Å². The smallest absolute Gasteiger partial charge is 0.161 e. The van der Waals surface area contributed by atoms with E-state index in [9.17, 15) is 0 Å². The maximum Gasteiger partial charge on any atom is 0.161 e. The van der Waals surface area contributed by atoms with Crippen LogP contribution in [0.3, 0.4) is 0 Å². The van der Waals surface area contributed by atoms with E-state index in [0.717, 1.165) is 44.1 Å². The summed E-state index contributed by atoms with van der Waals surface area (Å²) in [7, 11) is 1.66. The molecule has 0 aliphatic heterocycles. The minimum Gasteiger partial charge on any atom is -0.493 e. The molecule has 128 valence electrons. The predicted molar refractivity (Wildman–Crippen MR) is 98.0 cm³/mol. The van der Waals surface area contributed by atoms with Crippen molar-refractivity contribution in [3.63, 3.8) is 0 Å². The van der Waals surface area contributed by atoms with E-state index in [1.165, 1.54) is 5.56 Å². The van der Waals surface area contributed by atoms with Gasteiger partial charge in [-0.3, -0.25) is 0 Å². The molecule has 1 rings (SSSR count). The van der Waals surface area contributed by atoms with Crippen LogP contribution in [0.15, 0.2) is 30.9 Å². The van der Waals surface area contributed by atoms with Crippen molar-refractivity contribution in [2.24, 2.45) is 0 Å². The summed E-state index contributed by atoms with van der Waals surface area (Å²) >= 11 is 0. The molecule has 0 aliphatic rings. The third kappa shape index (κ3) is 9.15. The third-order valence-corrected chi connectivity index (χ3v) is 2.87. The summed E-state index contributed by atoms with van der Waals surface area (Å²) in [5.41, 5.74) is 1.19. The van der Waals surface area contributed by atoms with E-state index in [-0.39, 0.29) is 24.8 Å². The zero-order chi connectivity index (χ0) is 14.6. The SMILES string of the molecule is C=CCOc1ccc(CNCCCNCC)cc1OC.Cl.Cl. The Bertz CT molecular complexity index is 404. The molecule has 4 nitrogen and oxygen atoms in total. The average Bonchev–Trinajstić information content (AvgIpc) is 2.49. The summed E-state index contributed by atoms with van der Waals surface area (Å²) in [5, 5.41) is 6.73. The summed E-state index contributed by atoms with van der Waals surface area (Å²) in [6.07, 6.45) is 2.85. The molecule has 0 unspecified atom stereocenters. The van der Waals surface area contributed by atoms with Gasteiger partial charge in [0.05, 0.1) is 7.11 Å². The van der Waals surface area contributed by atoms with Crippen LogP contribution < -0.4 is 20.1 Å². The van der Waals surface area contributed by atoms with Crippen molar-refractivity contribution in [2.75, 3.05) is 33.4 Å². The summed E-state index contributed by atoms with van der Waals surface area (Å²) in [6, 6.07) is 6.01. The van der Waals surface area contributed by atoms with Crippen molar-refractivity contribution in [1.82, 2.24) is 10.6 Å². The highest BCUT2D eigenvalue weighted by Gasteiger charge is 2.05. The van der Waals surface area contributed by atoms with E-state index in [1.54, 1.807) is 13.2 Å². The lowest BCUT2D eigenvalue weighted by Gasteiger charge is -2.11. The number of hydrogen-bond donors (Lipinski definition) is 2. The quantitative estimate of drug-likeness (QED) is 0.475. The Kier molecular flexibility index (Phi) is 15.9. The minimum atomic E-state index is 0. The first-order valence-electron chi connectivity index (χ1n) is 7.13. The van der Waals surface area contributed by atoms with Crippen molar-refractivity contribution >= 4 is 24.8 Å². The Labute approximate surface area is 146 Å². The molecule has 0 heterocycles. The third-order valence-electron chi connectivity index (χ3n) is 2.87. The molecule has 0 aromatic heterocycles. The number of hydrogen-bond acceptors (Lipinski definition) is 4. The largest absolute Gasteiger partial charge is 0.493 e. The molecule has 6 heteroatoms. The zero-order valence-electron chi connectivity index (χ0n) is 13.4. The van der Waals surface area contributed by atoms with E-state index in [4.69, 9.17) is 9.47 Å². The monoisotopic (exact) mass is 350 g/mol. The van der Waals surface area contributed by atoms with Gasteiger partial charge in [0.15, 0.2) is 11.5 Å². The molecule has 0 saturated heterocycles. The predicted octanol–water partition coefficient (Wildman–Crippen LogP) is 3.19. The topological polar surface area (TPSA) is 42.5 Å². The molecule has 2 N–H and O–H groups in total. The second-order valence-electron chi connectivity index (χ2n) is 4.47. The molecule has 0 fully saturated rings. The van der Waals surface area contributed by atoms with Crippen molar-refractivity contribution in [2.45, 2.75) is 19.9 Å². The van der Waals surface area contributed by atoms with Crippen LogP contribution in [-0.4, -0.2) is 33.4 Å². The van der Waals surface area contributed by atoms with Crippen LogP contribution in [0.5, 0.6) is 11.5 Å². The lowest BCUT2D eigenvalue weighted by atomic mass is 10.2. The Morgan fingerprint density at radius 3 is 2.50 bits per heavy atom. The second-order valence-corrected chi connectivity index (χ2v) is 4.47. The van der Waals surface area contributed by atoms with Gasteiger partial charge >= 0.3 is 0 Å². The maximum absolute atomic E-state index is 5.53. The van der Waals surface area contributed by atoms with Crippen molar-refractivity contribution in [3.05, 3.63) is 36.4 Å². The summed E-state index contributed by atoms with van der Waals surface area (Å²) in [4.78, 5) is 0. The van der Waals surface area contributed by atoms with Gasteiger partial charge < -0.3 is 20.1 Å². The number of rotatable bonds is 11. The van der Waals surface area contributed by atoms with Gasteiger partial charge in [-0.05, 0) is 43.8 Å². The van der Waals surface area contributed by atoms with Gasteiger partial charge in [-0.25, -0.2) is 0 Å². The van der Waals surface area contributed by atoms with Gasteiger partial charge in [-0.1, -0.05) is 25.6 Å². The van der Waals surface area contributed by atoms with Crippen LogP contribution in [-0.2, 0) is 6.54 Å². The molecule has 0 radical (unpaired) electrons. The first kappa shape index (κ1) is 23.3. The van der Waals surface area contributed by atoms with E-state index >= 15 is 0 Å². The normalized spacial score (nSPS) is 9.36. The molecule has 0 spiro atoms. The van der Waals surface area contributed by atoms with Gasteiger partial charge in [-0.2, -0.15) is 0 Å². The molecule has 0 amide bonds. The van der Waals surface area contributed by atoms with E-state index in [2.05, 4.69) is 30.2 Å². The van der Waals surface area contributed by atoms with Gasteiger partial charge in [-0.15, -0.1) is 24.8 Å². The average molecular weight is 351 g/mol.